The van der Waals surface area contributed by atoms with Gasteiger partial charge in [-0.1, -0.05) is 39.0 Å². The summed E-state index contributed by atoms with van der Waals surface area (Å²) in [6.07, 6.45) is 2.95. The molecule has 0 unspecified atom stereocenters. The molecule has 0 bridgehead atoms. The smallest absolute Gasteiger partial charge is 0.387 e. The molecule has 1 spiro atoms. The minimum absolute atomic E-state index is 0.0508. The van der Waals surface area contributed by atoms with E-state index in [4.69, 9.17) is 0 Å². The van der Waals surface area contributed by atoms with Crippen molar-refractivity contribution in [3.8, 4) is 5.75 Å². The van der Waals surface area contributed by atoms with Gasteiger partial charge in [0.05, 0.1) is 5.56 Å². The number of fused-ring (bicyclic) bond motifs is 2. The summed E-state index contributed by atoms with van der Waals surface area (Å²) in [4.78, 5) is 34.6. The summed E-state index contributed by atoms with van der Waals surface area (Å²) >= 11 is 0. The van der Waals surface area contributed by atoms with Gasteiger partial charge in [0.2, 0.25) is 0 Å². The molecule has 6 nitrogen and oxygen atoms in total. The van der Waals surface area contributed by atoms with Gasteiger partial charge >= 0.3 is 6.61 Å². The fraction of sp³-hybridized carbons (Fsp3) is 0.367. The lowest BCUT2D eigenvalue weighted by atomic mass is 9.74. The number of amides is 2. The number of anilines is 1. The van der Waals surface area contributed by atoms with Crippen molar-refractivity contribution in [3.63, 3.8) is 0 Å². The van der Waals surface area contributed by atoms with Crippen LogP contribution in [0, 0.1) is 5.82 Å². The summed E-state index contributed by atoms with van der Waals surface area (Å²) in [6.45, 7) is 4.43. The number of aromatic nitrogens is 1. The number of likely N-dealkylation sites (tertiary alicyclic amines) is 1. The molecule has 3 heterocycles. The summed E-state index contributed by atoms with van der Waals surface area (Å²) < 4.78 is 44.1. The summed E-state index contributed by atoms with van der Waals surface area (Å²) in [5.74, 6) is -1.88. The Bertz CT molecular complexity index is 1410. The zero-order valence-electron chi connectivity index (χ0n) is 22.1. The molecular weight excluding hydrogens is 507 g/mol. The fourth-order valence-electron chi connectivity index (χ4n) is 5.52. The lowest BCUT2D eigenvalue weighted by molar-refractivity contribution is -0.0500. The van der Waals surface area contributed by atoms with Gasteiger partial charge in [0.25, 0.3) is 11.8 Å². The number of hydrogen-bond acceptors (Lipinski definition) is 4. The van der Waals surface area contributed by atoms with Crippen molar-refractivity contribution in [1.29, 1.82) is 0 Å². The summed E-state index contributed by atoms with van der Waals surface area (Å²) in [7, 11) is 0. The number of carbonyl (C=O) groups excluding carboxylic acids is 2. The molecule has 2 aliphatic heterocycles. The predicted molar refractivity (Wildman–Crippen MR) is 141 cm³/mol. The van der Waals surface area contributed by atoms with E-state index in [-0.39, 0.29) is 28.1 Å². The van der Waals surface area contributed by atoms with Crippen molar-refractivity contribution in [1.82, 2.24) is 9.88 Å². The number of hydrogen-bond donors (Lipinski definition) is 0. The number of nitrogens with zero attached hydrogens (tertiary/aromatic N) is 3. The topological polar surface area (TPSA) is 62.7 Å². The van der Waals surface area contributed by atoms with Gasteiger partial charge in [-0.05, 0) is 48.7 Å². The first-order valence-electron chi connectivity index (χ1n) is 12.9. The van der Waals surface area contributed by atoms with E-state index in [9.17, 15) is 22.8 Å². The van der Waals surface area contributed by atoms with Crippen LogP contribution in [0.5, 0.6) is 5.75 Å². The van der Waals surface area contributed by atoms with Crippen LogP contribution in [0.15, 0.2) is 60.8 Å². The van der Waals surface area contributed by atoms with Crippen LogP contribution in [0.2, 0.25) is 0 Å². The van der Waals surface area contributed by atoms with E-state index in [2.05, 4.69) is 30.5 Å². The number of halogens is 3. The molecule has 0 atom stereocenters. The Hall–Kier alpha value is -3.88. The van der Waals surface area contributed by atoms with Crippen molar-refractivity contribution in [2.24, 2.45) is 0 Å². The molecular formula is C30H30F3N3O3. The number of pyridine rings is 1. The first-order valence-corrected chi connectivity index (χ1v) is 12.9. The number of piperidine rings is 1. The fourth-order valence-corrected chi connectivity index (χ4v) is 5.52. The Balaban J connectivity index is 1.35. The van der Waals surface area contributed by atoms with Gasteiger partial charge in [0, 0.05) is 59.7 Å². The highest BCUT2D eigenvalue weighted by atomic mass is 19.3. The van der Waals surface area contributed by atoms with E-state index in [1.54, 1.807) is 17.2 Å². The lowest BCUT2D eigenvalue weighted by Gasteiger charge is -2.40. The van der Waals surface area contributed by atoms with Crippen molar-refractivity contribution in [2.75, 3.05) is 24.5 Å². The molecule has 0 saturated carbocycles. The second kappa shape index (κ2) is 10.0. The van der Waals surface area contributed by atoms with Gasteiger partial charge in [-0.3, -0.25) is 14.6 Å². The highest BCUT2D eigenvalue weighted by Crippen LogP contribution is 2.47. The Morgan fingerprint density at radius 1 is 1.00 bits per heavy atom. The number of ether oxygens (including phenoxy) is 1. The van der Waals surface area contributed by atoms with Crippen molar-refractivity contribution >= 4 is 17.5 Å². The Labute approximate surface area is 225 Å². The van der Waals surface area contributed by atoms with Crippen LogP contribution in [0.4, 0.5) is 18.9 Å². The van der Waals surface area contributed by atoms with Crippen LogP contribution in [-0.2, 0) is 10.8 Å². The third kappa shape index (κ3) is 5.10. The second-order valence-corrected chi connectivity index (χ2v) is 11.2. The van der Waals surface area contributed by atoms with Crippen LogP contribution in [-0.4, -0.2) is 47.9 Å². The van der Waals surface area contributed by atoms with Gasteiger partial charge in [-0.2, -0.15) is 8.78 Å². The Morgan fingerprint density at radius 2 is 1.72 bits per heavy atom. The monoisotopic (exact) mass is 537 g/mol. The van der Waals surface area contributed by atoms with E-state index in [0.29, 0.717) is 43.7 Å². The van der Waals surface area contributed by atoms with Crippen LogP contribution >= 0.6 is 0 Å². The van der Waals surface area contributed by atoms with Gasteiger partial charge in [-0.25, -0.2) is 4.39 Å². The van der Waals surface area contributed by atoms with E-state index < -0.39 is 18.3 Å². The average Bonchev–Trinajstić information content (AvgIpc) is 3.22. The highest BCUT2D eigenvalue weighted by molar-refractivity contribution is 6.08. The van der Waals surface area contributed by atoms with Gasteiger partial charge < -0.3 is 14.5 Å². The molecule has 3 aromatic rings. The second-order valence-electron chi connectivity index (χ2n) is 11.2. The zero-order chi connectivity index (χ0) is 27.9. The molecule has 2 aromatic carbocycles. The van der Waals surface area contributed by atoms with E-state index in [1.807, 2.05) is 35.2 Å². The SMILES string of the molecule is CC(C)(C)c1cc(C(=O)N2CCC3(CC2)CN(C(=O)c2ccc(OC(F)F)cc2F)c2ccccc23)ccn1. The molecule has 2 amide bonds. The zero-order valence-corrected chi connectivity index (χ0v) is 22.1. The molecule has 1 aromatic heterocycles. The van der Waals surface area contributed by atoms with Crippen LogP contribution in [0.3, 0.4) is 0 Å². The van der Waals surface area contributed by atoms with Crippen LogP contribution < -0.4 is 9.64 Å². The minimum Gasteiger partial charge on any atom is -0.435 e. The third-order valence-corrected chi connectivity index (χ3v) is 7.65. The maximum atomic E-state index is 14.8. The minimum atomic E-state index is -3.09. The molecule has 9 heteroatoms. The maximum absolute atomic E-state index is 14.8. The first kappa shape index (κ1) is 26.7. The molecule has 2 aliphatic rings. The standard InChI is InChI=1S/C30H30F3N3O3/c1-29(2,3)25-16-19(10-13-34-25)26(37)35-14-11-30(12-15-35)18-36(24-7-5-4-6-22(24)30)27(38)21-9-8-20(17-23(21)31)39-28(32)33/h4-10,13,16-17,28H,11-12,14-15,18H2,1-3H3. The molecule has 5 rings (SSSR count). The third-order valence-electron chi connectivity index (χ3n) is 7.65. The summed E-state index contributed by atoms with van der Waals surface area (Å²) in [5.41, 5.74) is 2.35. The van der Waals surface area contributed by atoms with Gasteiger partial charge in [0.15, 0.2) is 0 Å². The summed E-state index contributed by atoms with van der Waals surface area (Å²) in [6, 6.07) is 14.3. The molecule has 39 heavy (non-hydrogen) atoms. The molecule has 1 saturated heterocycles. The van der Waals surface area contributed by atoms with Crippen molar-refractivity contribution in [3.05, 3.63) is 89.0 Å². The van der Waals surface area contributed by atoms with Crippen molar-refractivity contribution < 1.29 is 27.5 Å². The number of alkyl halides is 2. The Morgan fingerprint density at radius 3 is 2.38 bits per heavy atom. The lowest BCUT2D eigenvalue weighted by Crippen LogP contribution is -2.48. The highest BCUT2D eigenvalue weighted by Gasteiger charge is 2.47. The van der Waals surface area contributed by atoms with Gasteiger partial charge in [-0.15, -0.1) is 0 Å². The van der Waals surface area contributed by atoms with Crippen molar-refractivity contribution in [2.45, 2.75) is 51.1 Å². The molecule has 0 radical (unpaired) electrons. The molecule has 204 valence electrons. The normalized spacial score (nSPS) is 16.5. The van der Waals surface area contributed by atoms with E-state index in [1.165, 1.54) is 6.07 Å². The molecule has 0 aliphatic carbocycles. The van der Waals surface area contributed by atoms with E-state index in [0.717, 1.165) is 23.4 Å². The van der Waals surface area contributed by atoms with Crippen LogP contribution in [0.25, 0.3) is 0 Å². The van der Waals surface area contributed by atoms with Crippen LogP contribution in [0.1, 0.15) is 65.6 Å². The first-order chi connectivity index (χ1) is 18.5. The number of benzene rings is 2. The summed E-state index contributed by atoms with van der Waals surface area (Å²) in [5, 5.41) is 0. The molecule has 0 N–H and O–H groups in total. The van der Waals surface area contributed by atoms with Gasteiger partial charge in [0.1, 0.15) is 11.6 Å². The maximum Gasteiger partial charge on any atom is 0.387 e. The predicted octanol–water partition coefficient (Wildman–Crippen LogP) is 5.95. The average molecular weight is 538 g/mol. The number of rotatable bonds is 4. The quantitative estimate of drug-likeness (QED) is 0.413. The number of carbonyl (C=O) groups is 2. The van der Waals surface area contributed by atoms with E-state index >= 15 is 0 Å². The number of para-hydroxylation sites is 1. The molecule has 1 fully saturated rings. The largest absolute Gasteiger partial charge is 0.435 e. The Kier molecular flexibility index (Phi) is 6.86.